The molecule has 1 amide bonds. The number of nitrogens with one attached hydrogen (secondary N) is 1. The lowest BCUT2D eigenvalue weighted by Gasteiger charge is -2.07. The first-order valence-electron chi connectivity index (χ1n) is 7.08. The van der Waals surface area contributed by atoms with Crippen LogP contribution in [-0.4, -0.2) is 31.8 Å². The molecule has 8 heteroatoms. The molecule has 0 heterocycles. The van der Waals surface area contributed by atoms with Gasteiger partial charge in [0.2, 0.25) is 0 Å². The summed E-state index contributed by atoms with van der Waals surface area (Å²) in [6, 6.07) is 11.4. The van der Waals surface area contributed by atoms with Crippen LogP contribution in [0.3, 0.4) is 0 Å². The third kappa shape index (κ3) is 5.48. The van der Waals surface area contributed by atoms with E-state index in [9.17, 15) is 9.59 Å². The first-order chi connectivity index (χ1) is 12.0. The summed E-state index contributed by atoms with van der Waals surface area (Å²) in [6.07, 6.45) is 1.44. The maximum Gasteiger partial charge on any atom is 0.337 e. The van der Waals surface area contributed by atoms with Gasteiger partial charge >= 0.3 is 5.97 Å². The van der Waals surface area contributed by atoms with Crippen LogP contribution < -0.4 is 10.2 Å². The van der Waals surface area contributed by atoms with Gasteiger partial charge in [0, 0.05) is 0 Å². The molecule has 0 radical (unpaired) electrons. The van der Waals surface area contributed by atoms with Crippen molar-refractivity contribution in [1.29, 1.82) is 0 Å². The van der Waals surface area contributed by atoms with Crippen LogP contribution in [0.25, 0.3) is 0 Å². The minimum absolute atomic E-state index is 0.242. The maximum atomic E-state index is 11.7. The van der Waals surface area contributed by atoms with Crippen LogP contribution in [0.15, 0.2) is 47.6 Å². The lowest BCUT2D eigenvalue weighted by Crippen LogP contribution is -2.24. The van der Waals surface area contributed by atoms with Crippen molar-refractivity contribution in [2.75, 3.05) is 13.7 Å². The number of hydrazone groups is 1. The fraction of sp³-hybridized carbons (Fsp3) is 0.118. The molecule has 0 aliphatic heterocycles. The first-order valence-corrected chi connectivity index (χ1v) is 7.84. The van der Waals surface area contributed by atoms with E-state index in [1.165, 1.54) is 13.3 Å². The molecule has 25 heavy (non-hydrogen) atoms. The van der Waals surface area contributed by atoms with Crippen molar-refractivity contribution in [3.05, 3.63) is 63.6 Å². The Balaban J connectivity index is 1.84. The van der Waals surface area contributed by atoms with Gasteiger partial charge in [-0.05, 0) is 29.8 Å². The summed E-state index contributed by atoms with van der Waals surface area (Å²) < 4.78 is 9.89. The monoisotopic (exact) mass is 380 g/mol. The molecule has 2 aromatic rings. The lowest BCUT2D eigenvalue weighted by atomic mass is 10.1. The number of amides is 1. The van der Waals surface area contributed by atoms with Crippen molar-refractivity contribution in [1.82, 2.24) is 5.43 Å². The van der Waals surface area contributed by atoms with E-state index < -0.39 is 11.9 Å². The number of ether oxygens (including phenoxy) is 2. The predicted octanol–water partition coefficient (Wildman–Crippen LogP) is 3.31. The molecule has 0 fully saturated rings. The van der Waals surface area contributed by atoms with Gasteiger partial charge in [-0.2, -0.15) is 5.10 Å². The molecule has 2 aromatic carbocycles. The van der Waals surface area contributed by atoms with Crippen molar-refractivity contribution in [2.24, 2.45) is 5.10 Å². The minimum Gasteiger partial charge on any atom is -0.482 e. The van der Waals surface area contributed by atoms with Crippen molar-refractivity contribution in [2.45, 2.75) is 0 Å². The van der Waals surface area contributed by atoms with E-state index in [2.05, 4.69) is 15.3 Å². The summed E-state index contributed by atoms with van der Waals surface area (Å²) >= 11 is 11.8. The number of rotatable bonds is 6. The third-order valence-electron chi connectivity index (χ3n) is 3.01. The van der Waals surface area contributed by atoms with Crippen LogP contribution in [0.1, 0.15) is 15.9 Å². The zero-order valence-corrected chi connectivity index (χ0v) is 14.7. The molecule has 0 aliphatic carbocycles. The highest BCUT2D eigenvalue weighted by atomic mass is 35.5. The highest BCUT2D eigenvalue weighted by Crippen LogP contribution is 2.31. The number of esters is 1. The predicted molar refractivity (Wildman–Crippen MR) is 95.5 cm³/mol. The standard InChI is InChI=1S/C17H14Cl2N2O4/c1-24-17(23)12-7-5-11(6-8-12)9-20-21-15(22)10-25-14-4-2-3-13(18)16(14)19/h2-9H,10H2,1H3,(H,21,22). The molecule has 0 saturated carbocycles. The number of benzene rings is 2. The molecular weight excluding hydrogens is 367 g/mol. The molecule has 6 nitrogen and oxygen atoms in total. The minimum atomic E-state index is -0.460. The Kier molecular flexibility index (Phi) is 6.80. The average molecular weight is 381 g/mol. The number of hydrogen-bond donors (Lipinski definition) is 1. The molecule has 0 bridgehead atoms. The van der Waals surface area contributed by atoms with E-state index in [0.29, 0.717) is 21.9 Å². The number of carbonyl (C=O) groups excluding carboxylic acids is 2. The highest BCUT2D eigenvalue weighted by molar-refractivity contribution is 6.42. The van der Waals surface area contributed by atoms with Crippen molar-refractivity contribution >= 4 is 41.3 Å². The second-order valence-corrected chi connectivity index (χ2v) is 5.53. The summed E-state index contributed by atoms with van der Waals surface area (Å²) in [5.41, 5.74) is 3.45. The SMILES string of the molecule is COC(=O)c1ccc(C=NNC(=O)COc2cccc(Cl)c2Cl)cc1. The van der Waals surface area contributed by atoms with E-state index in [4.69, 9.17) is 27.9 Å². The number of halogens is 2. The second-order valence-electron chi connectivity index (χ2n) is 4.75. The summed E-state index contributed by atoms with van der Waals surface area (Å²) in [7, 11) is 1.31. The van der Waals surface area contributed by atoms with Gasteiger partial charge in [-0.15, -0.1) is 0 Å². The van der Waals surface area contributed by atoms with Gasteiger partial charge in [-0.25, -0.2) is 10.2 Å². The van der Waals surface area contributed by atoms with Crippen LogP contribution >= 0.6 is 23.2 Å². The molecule has 0 aromatic heterocycles. The largest absolute Gasteiger partial charge is 0.482 e. The number of hydrogen-bond acceptors (Lipinski definition) is 5. The molecule has 0 aliphatic rings. The molecular formula is C17H14Cl2N2O4. The fourth-order valence-corrected chi connectivity index (χ4v) is 2.12. The molecule has 2 rings (SSSR count). The zero-order valence-electron chi connectivity index (χ0n) is 13.2. The number of carbonyl (C=O) groups is 2. The van der Waals surface area contributed by atoms with Gasteiger partial charge < -0.3 is 9.47 Å². The van der Waals surface area contributed by atoms with Crippen LogP contribution in [0.5, 0.6) is 5.75 Å². The normalized spacial score (nSPS) is 10.5. The van der Waals surface area contributed by atoms with Crippen LogP contribution in [0, 0.1) is 0 Å². The average Bonchev–Trinajstić information content (AvgIpc) is 2.63. The lowest BCUT2D eigenvalue weighted by molar-refractivity contribution is -0.123. The van der Waals surface area contributed by atoms with Gasteiger partial charge in [-0.3, -0.25) is 4.79 Å². The molecule has 0 unspecified atom stereocenters. The summed E-state index contributed by atoms with van der Waals surface area (Å²) in [5, 5.41) is 4.39. The zero-order chi connectivity index (χ0) is 18.2. The molecule has 1 N–H and O–H groups in total. The van der Waals surface area contributed by atoms with Gasteiger partial charge in [0.15, 0.2) is 6.61 Å². The Hall–Kier alpha value is -2.57. The molecule has 0 saturated heterocycles. The molecule has 0 spiro atoms. The third-order valence-corrected chi connectivity index (χ3v) is 3.81. The van der Waals surface area contributed by atoms with Gasteiger partial charge in [-0.1, -0.05) is 41.4 Å². The van der Waals surface area contributed by atoms with Crippen molar-refractivity contribution in [3.63, 3.8) is 0 Å². The van der Waals surface area contributed by atoms with E-state index in [0.717, 1.165) is 0 Å². The summed E-state index contributed by atoms with van der Waals surface area (Å²) in [5.74, 6) is -0.571. The van der Waals surface area contributed by atoms with Gasteiger partial charge in [0.05, 0.1) is 23.9 Å². The van der Waals surface area contributed by atoms with Crippen LogP contribution in [0.4, 0.5) is 0 Å². The van der Waals surface area contributed by atoms with E-state index in [1.54, 1.807) is 42.5 Å². The Morgan fingerprint density at radius 2 is 1.88 bits per heavy atom. The van der Waals surface area contributed by atoms with Crippen LogP contribution in [-0.2, 0) is 9.53 Å². The summed E-state index contributed by atoms with van der Waals surface area (Å²) in [6.45, 7) is -0.265. The maximum absolute atomic E-state index is 11.7. The Bertz CT molecular complexity index is 792. The van der Waals surface area contributed by atoms with Crippen LogP contribution in [0.2, 0.25) is 10.0 Å². The van der Waals surface area contributed by atoms with Crippen molar-refractivity contribution < 1.29 is 19.1 Å². The smallest absolute Gasteiger partial charge is 0.337 e. The summed E-state index contributed by atoms with van der Waals surface area (Å²) in [4.78, 5) is 23.0. The molecule has 0 atom stereocenters. The van der Waals surface area contributed by atoms with E-state index in [1.807, 2.05) is 0 Å². The Labute approximate surface area is 154 Å². The topological polar surface area (TPSA) is 77.0 Å². The van der Waals surface area contributed by atoms with Gasteiger partial charge in [0.25, 0.3) is 5.91 Å². The number of nitrogens with zero attached hydrogens (tertiary/aromatic N) is 1. The Morgan fingerprint density at radius 1 is 1.16 bits per heavy atom. The van der Waals surface area contributed by atoms with E-state index in [-0.39, 0.29) is 11.6 Å². The number of methoxy groups -OCH3 is 1. The second kappa shape index (κ2) is 9.05. The Morgan fingerprint density at radius 3 is 2.56 bits per heavy atom. The highest BCUT2D eigenvalue weighted by Gasteiger charge is 2.08. The molecule has 130 valence electrons. The fourth-order valence-electron chi connectivity index (χ4n) is 1.77. The van der Waals surface area contributed by atoms with Crippen molar-refractivity contribution in [3.8, 4) is 5.75 Å². The van der Waals surface area contributed by atoms with E-state index >= 15 is 0 Å². The van der Waals surface area contributed by atoms with Gasteiger partial charge in [0.1, 0.15) is 10.8 Å². The first kappa shape index (κ1) is 18.8. The quantitative estimate of drug-likeness (QED) is 0.473.